The van der Waals surface area contributed by atoms with Gasteiger partial charge in [0.25, 0.3) is 5.91 Å². The number of anilines is 2. The van der Waals surface area contributed by atoms with Crippen LogP contribution in [0.3, 0.4) is 0 Å². The van der Waals surface area contributed by atoms with Crippen molar-refractivity contribution in [2.75, 3.05) is 23.9 Å². The maximum absolute atomic E-state index is 13.5. The minimum absolute atomic E-state index is 0.0461. The topological polar surface area (TPSA) is 79.0 Å². The lowest BCUT2D eigenvalue weighted by atomic mass is 10.1. The largest absolute Gasteiger partial charge is 0.465 e. The van der Waals surface area contributed by atoms with Gasteiger partial charge in [-0.15, -0.1) is 0 Å². The number of methoxy groups -OCH3 is 1. The van der Waals surface area contributed by atoms with Gasteiger partial charge in [0.2, 0.25) is 5.91 Å². The smallest absolute Gasteiger partial charge is 0.337 e. The van der Waals surface area contributed by atoms with Crippen molar-refractivity contribution < 1.29 is 19.1 Å². The average molecular weight is 556 g/mol. The van der Waals surface area contributed by atoms with Crippen molar-refractivity contribution in [2.24, 2.45) is 0 Å². The van der Waals surface area contributed by atoms with E-state index in [1.807, 2.05) is 30.3 Å². The number of amides is 2. The fourth-order valence-electron chi connectivity index (χ4n) is 4.06. The van der Waals surface area contributed by atoms with Crippen molar-refractivity contribution in [2.45, 2.75) is 18.9 Å². The first-order chi connectivity index (χ1) is 17.8. The van der Waals surface area contributed by atoms with Crippen LogP contribution in [-0.4, -0.2) is 47.5 Å². The molecule has 2 amide bonds. The number of carbonyl (C=O) groups excluding carboxylic acids is 3. The molecule has 4 rings (SSSR count). The van der Waals surface area contributed by atoms with Gasteiger partial charge in [0, 0.05) is 12.2 Å². The van der Waals surface area contributed by atoms with E-state index in [0.717, 1.165) is 10.5 Å². The highest BCUT2D eigenvalue weighted by Crippen LogP contribution is 2.28. The van der Waals surface area contributed by atoms with Crippen LogP contribution < -0.4 is 10.2 Å². The van der Waals surface area contributed by atoms with E-state index >= 15 is 0 Å². The molecule has 1 aliphatic heterocycles. The summed E-state index contributed by atoms with van der Waals surface area (Å²) in [4.78, 5) is 41.2. The van der Waals surface area contributed by atoms with Crippen LogP contribution in [-0.2, 0) is 20.7 Å². The van der Waals surface area contributed by atoms with Crippen LogP contribution in [0.25, 0.3) is 0 Å². The first-order valence-corrected chi connectivity index (χ1v) is 12.6. The summed E-state index contributed by atoms with van der Waals surface area (Å²) >= 11 is 17.9. The van der Waals surface area contributed by atoms with Gasteiger partial charge in [0.15, 0.2) is 5.11 Å². The number of ether oxygens (including phenoxy) is 1. The van der Waals surface area contributed by atoms with Gasteiger partial charge in [-0.2, -0.15) is 0 Å². The minimum Gasteiger partial charge on any atom is -0.465 e. The Morgan fingerprint density at radius 3 is 2.41 bits per heavy atom. The van der Waals surface area contributed by atoms with E-state index in [4.69, 9.17) is 40.2 Å². The average Bonchev–Trinajstić information content (AvgIpc) is 3.19. The molecule has 0 aromatic heterocycles. The second-order valence-corrected chi connectivity index (χ2v) is 9.51. The highest BCUT2D eigenvalue weighted by molar-refractivity contribution is 7.80. The van der Waals surface area contributed by atoms with Gasteiger partial charge in [-0.3, -0.25) is 9.59 Å². The Bertz CT molecular complexity index is 1340. The van der Waals surface area contributed by atoms with Crippen LogP contribution in [0.1, 0.15) is 22.3 Å². The van der Waals surface area contributed by atoms with Crippen molar-refractivity contribution in [3.63, 3.8) is 0 Å². The number of hydrogen-bond acceptors (Lipinski definition) is 5. The summed E-state index contributed by atoms with van der Waals surface area (Å²) in [6.45, 7) is 0.399. The molecular weight excluding hydrogens is 533 g/mol. The molecule has 1 N–H and O–H groups in total. The summed E-state index contributed by atoms with van der Waals surface area (Å²) in [6.07, 6.45) is 0.561. The monoisotopic (exact) mass is 555 g/mol. The Kier molecular flexibility index (Phi) is 8.43. The van der Waals surface area contributed by atoms with Crippen LogP contribution in [0.5, 0.6) is 0 Å². The third kappa shape index (κ3) is 6.10. The Morgan fingerprint density at radius 2 is 1.76 bits per heavy atom. The first-order valence-electron chi connectivity index (χ1n) is 11.4. The van der Waals surface area contributed by atoms with Crippen molar-refractivity contribution in [1.82, 2.24) is 4.90 Å². The number of hydrogen-bond donors (Lipinski definition) is 1. The molecule has 1 unspecified atom stereocenters. The first kappa shape index (κ1) is 26.6. The zero-order valence-corrected chi connectivity index (χ0v) is 22.1. The number of imide groups is 1. The molecule has 1 heterocycles. The Labute approximate surface area is 229 Å². The van der Waals surface area contributed by atoms with E-state index in [0.29, 0.717) is 39.9 Å². The van der Waals surface area contributed by atoms with Crippen molar-refractivity contribution in [3.05, 3.63) is 94.0 Å². The van der Waals surface area contributed by atoms with Crippen molar-refractivity contribution in [1.29, 1.82) is 0 Å². The fourth-order valence-corrected chi connectivity index (χ4v) is 4.69. The molecule has 0 saturated carbocycles. The second-order valence-electron chi connectivity index (χ2n) is 8.31. The van der Waals surface area contributed by atoms with Crippen LogP contribution in [0, 0.1) is 0 Å². The third-order valence-corrected chi connectivity index (χ3v) is 7.04. The predicted octanol–water partition coefficient (Wildman–Crippen LogP) is 5.35. The lowest BCUT2D eigenvalue weighted by Crippen LogP contribution is -2.48. The molecule has 190 valence electrons. The quantitative estimate of drug-likeness (QED) is 0.239. The van der Waals surface area contributed by atoms with E-state index in [-0.39, 0.29) is 17.4 Å². The Morgan fingerprint density at radius 1 is 1.05 bits per heavy atom. The van der Waals surface area contributed by atoms with Crippen LogP contribution in [0.2, 0.25) is 10.0 Å². The van der Waals surface area contributed by atoms with Gasteiger partial charge in [0.1, 0.15) is 6.04 Å². The van der Waals surface area contributed by atoms with E-state index in [1.165, 1.54) is 19.2 Å². The molecule has 0 radical (unpaired) electrons. The SMILES string of the molecule is COC(=O)c1ccc(N2C(=O)CC(N(CCc3ccccc3)C(=S)Nc3ccc(Cl)c(Cl)c3)C2=O)cc1. The highest BCUT2D eigenvalue weighted by Gasteiger charge is 2.43. The summed E-state index contributed by atoms with van der Waals surface area (Å²) < 4.78 is 4.71. The molecule has 0 spiro atoms. The van der Waals surface area contributed by atoms with Crippen LogP contribution >= 0.6 is 35.4 Å². The fraction of sp³-hybridized carbons (Fsp3) is 0.185. The van der Waals surface area contributed by atoms with Gasteiger partial charge < -0.3 is 15.0 Å². The Hall–Kier alpha value is -3.46. The maximum atomic E-state index is 13.5. The van der Waals surface area contributed by atoms with Gasteiger partial charge in [-0.25, -0.2) is 9.69 Å². The van der Waals surface area contributed by atoms with Gasteiger partial charge >= 0.3 is 5.97 Å². The standard InChI is InChI=1S/C27H23Cl2N3O4S/c1-36-26(35)18-7-10-20(11-8-18)32-24(33)16-23(25(32)34)31(14-13-17-5-3-2-4-6-17)27(37)30-19-9-12-21(28)22(29)15-19/h2-12,15,23H,13-14,16H2,1H3,(H,30,37). The molecule has 37 heavy (non-hydrogen) atoms. The molecule has 7 nitrogen and oxygen atoms in total. The second kappa shape index (κ2) is 11.7. The normalized spacial score (nSPS) is 15.0. The van der Waals surface area contributed by atoms with E-state index in [9.17, 15) is 14.4 Å². The molecular formula is C27H23Cl2N3O4S. The van der Waals surface area contributed by atoms with Crippen LogP contribution in [0.4, 0.5) is 11.4 Å². The summed E-state index contributed by atoms with van der Waals surface area (Å²) in [5.41, 5.74) is 2.36. The molecule has 0 bridgehead atoms. The molecule has 10 heteroatoms. The molecule has 1 saturated heterocycles. The van der Waals surface area contributed by atoms with Gasteiger partial charge in [0.05, 0.1) is 34.8 Å². The maximum Gasteiger partial charge on any atom is 0.337 e. The lowest BCUT2D eigenvalue weighted by Gasteiger charge is -2.30. The number of esters is 1. The van der Waals surface area contributed by atoms with Gasteiger partial charge in [-0.1, -0.05) is 53.5 Å². The lowest BCUT2D eigenvalue weighted by molar-refractivity contribution is -0.122. The third-order valence-electron chi connectivity index (χ3n) is 5.96. The van der Waals surface area contributed by atoms with E-state index in [1.54, 1.807) is 35.2 Å². The number of thiocarbonyl (C=S) groups is 1. The van der Waals surface area contributed by atoms with Crippen molar-refractivity contribution >= 4 is 69.7 Å². The molecule has 1 atom stereocenters. The van der Waals surface area contributed by atoms with Crippen LogP contribution in [0.15, 0.2) is 72.8 Å². The number of nitrogens with zero attached hydrogens (tertiary/aromatic N) is 2. The minimum atomic E-state index is -0.806. The highest BCUT2D eigenvalue weighted by atomic mass is 35.5. The summed E-state index contributed by atoms with van der Waals surface area (Å²) in [7, 11) is 1.29. The summed E-state index contributed by atoms with van der Waals surface area (Å²) in [5, 5.41) is 4.17. The number of carbonyl (C=O) groups is 3. The molecule has 0 aliphatic carbocycles. The molecule has 1 aliphatic rings. The van der Waals surface area contributed by atoms with Gasteiger partial charge in [-0.05, 0) is 66.7 Å². The number of benzene rings is 3. The zero-order chi connectivity index (χ0) is 26.5. The number of halogens is 2. The summed E-state index contributed by atoms with van der Waals surface area (Å²) in [6, 6.07) is 20.1. The predicted molar refractivity (Wildman–Crippen MR) is 148 cm³/mol. The van der Waals surface area contributed by atoms with E-state index in [2.05, 4.69) is 5.32 Å². The summed E-state index contributed by atoms with van der Waals surface area (Å²) in [5.74, 6) is -1.26. The zero-order valence-electron chi connectivity index (χ0n) is 19.8. The van der Waals surface area contributed by atoms with E-state index < -0.39 is 17.9 Å². The molecule has 3 aromatic carbocycles. The molecule has 3 aromatic rings. The Balaban J connectivity index is 1.58. The molecule has 1 fully saturated rings. The number of rotatable bonds is 7. The number of nitrogens with one attached hydrogen (secondary N) is 1. The van der Waals surface area contributed by atoms with Crippen molar-refractivity contribution in [3.8, 4) is 0 Å².